The Morgan fingerprint density at radius 2 is 1.68 bits per heavy atom. The van der Waals surface area contributed by atoms with Gasteiger partial charge in [-0.15, -0.1) is 0 Å². The maximum atomic E-state index is 12.4. The van der Waals surface area contributed by atoms with Gasteiger partial charge in [-0.2, -0.15) is 0 Å². The number of Topliss-reactive ketones (excluding diaryl/α,β-unsaturated/α-hetero) is 1. The largest absolute Gasteiger partial charge is 0.334 e. The van der Waals surface area contributed by atoms with E-state index in [4.69, 9.17) is 0 Å². The monoisotopic (exact) mass is 340 g/mol. The van der Waals surface area contributed by atoms with Crippen molar-refractivity contribution in [2.75, 3.05) is 13.1 Å². The molecule has 6 heteroatoms. The predicted octanol–water partition coefficient (Wildman–Crippen LogP) is 2.55. The minimum Gasteiger partial charge on any atom is -0.292 e. The van der Waals surface area contributed by atoms with Crippen molar-refractivity contribution >= 4 is 23.6 Å². The fourth-order valence-corrected chi connectivity index (χ4v) is 3.13. The summed E-state index contributed by atoms with van der Waals surface area (Å²) in [7, 11) is 0. The zero-order chi connectivity index (χ0) is 17.8. The molecule has 0 bridgehead atoms. The van der Waals surface area contributed by atoms with E-state index in [1.165, 1.54) is 12.0 Å². The summed E-state index contributed by atoms with van der Waals surface area (Å²) in [6, 6.07) is 7.71. The van der Waals surface area contributed by atoms with Crippen LogP contribution in [0.3, 0.4) is 0 Å². The number of ketones is 1. The van der Waals surface area contributed by atoms with Crippen LogP contribution in [0.1, 0.15) is 42.5 Å². The van der Waals surface area contributed by atoms with Crippen molar-refractivity contribution < 1.29 is 19.2 Å². The van der Waals surface area contributed by atoms with Crippen LogP contribution in [0, 0.1) is 0 Å². The Morgan fingerprint density at radius 3 is 2.36 bits per heavy atom. The Bertz CT molecular complexity index is 739. The molecule has 1 aromatic carbocycles. The van der Waals surface area contributed by atoms with Gasteiger partial charge in [0.1, 0.15) is 0 Å². The smallest absolute Gasteiger partial charge is 0.292 e. The number of nitrogens with zero attached hydrogens (tertiary/aromatic N) is 2. The van der Waals surface area contributed by atoms with Crippen LogP contribution in [-0.2, 0) is 9.59 Å². The van der Waals surface area contributed by atoms with Crippen LogP contribution >= 0.6 is 0 Å². The van der Waals surface area contributed by atoms with Gasteiger partial charge in [-0.1, -0.05) is 42.0 Å². The summed E-state index contributed by atoms with van der Waals surface area (Å²) in [6.07, 6.45) is 7.01. The van der Waals surface area contributed by atoms with Gasteiger partial charge in [-0.05, 0) is 32.1 Å². The molecule has 6 nitrogen and oxygen atoms in total. The Labute approximate surface area is 146 Å². The van der Waals surface area contributed by atoms with Crippen molar-refractivity contribution in [3.8, 4) is 0 Å². The molecule has 1 aliphatic heterocycles. The molecule has 0 N–H and O–H groups in total. The molecule has 0 spiro atoms. The molecule has 1 aromatic rings. The average molecular weight is 340 g/mol. The van der Waals surface area contributed by atoms with Gasteiger partial charge in [0, 0.05) is 12.1 Å². The highest BCUT2D eigenvalue weighted by Crippen LogP contribution is 2.22. The number of imide groups is 2. The fourth-order valence-electron chi connectivity index (χ4n) is 3.13. The lowest BCUT2D eigenvalue weighted by atomic mass is 9.97. The first kappa shape index (κ1) is 17.1. The fraction of sp³-hybridized carbons (Fsp3) is 0.368. The molecular weight excluding hydrogens is 320 g/mol. The summed E-state index contributed by atoms with van der Waals surface area (Å²) in [5.74, 6) is -2.14. The molecule has 130 valence electrons. The van der Waals surface area contributed by atoms with Crippen molar-refractivity contribution in [3.63, 3.8) is 0 Å². The standard InChI is InChI=1S/C19H20N2O4/c22-16(15-9-5-2-6-10-15)13-21-18(24)17(23)20(19(21)25)12-11-14-7-3-1-4-8-14/h2,5-7,9-10H,1,3-4,8,11-13H2. The maximum Gasteiger partial charge on any atom is 0.334 e. The summed E-state index contributed by atoms with van der Waals surface area (Å²) in [6.45, 7) is -0.224. The lowest BCUT2D eigenvalue weighted by Crippen LogP contribution is -2.37. The van der Waals surface area contributed by atoms with Gasteiger partial charge in [0.25, 0.3) is 0 Å². The van der Waals surface area contributed by atoms with E-state index in [1.54, 1.807) is 30.3 Å². The Hall–Kier alpha value is -2.76. The number of amides is 4. The number of hydrogen-bond acceptors (Lipinski definition) is 4. The van der Waals surface area contributed by atoms with Gasteiger partial charge in [-0.3, -0.25) is 19.3 Å². The minimum atomic E-state index is -0.924. The maximum absolute atomic E-state index is 12.4. The van der Waals surface area contributed by atoms with Crippen molar-refractivity contribution in [1.82, 2.24) is 9.80 Å². The highest BCUT2D eigenvalue weighted by atomic mass is 16.2. The molecule has 25 heavy (non-hydrogen) atoms. The average Bonchev–Trinajstić information content (AvgIpc) is 2.85. The molecule has 3 rings (SSSR count). The van der Waals surface area contributed by atoms with Crippen LogP contribution in [0.5, 0.6) is 0 Å². The van der Waals surface area contributed by atoms with Crippen LogP contribution in [0.15, 0.2) is 42.0 Å². The van der Waals surface area contributed by atoms with E-state index in [1.807, 2.05) is 0 Å². The van der Waals surface area contributed by atoms with Crippen molar-refractivity contribution in [2.45, 2.75) is 32.1 Å². The molecular formula is C19H20N2O4. The van der Waals surface area contributed by atoms with Gasteiger partial charge in [0.05, 0.1) is 6.54 Å². The second-order valence-electron chi connectivity index (χ2n) is 6.28. The Kier molecular flexibility index (Phi) is 5.07. The molecule has 0 saturated carbocycles. The van der Waals surface area contributed by atoms with E-state index in [9.17, 15) is 19.2 Å². The molecule has 1 aliphatic carbocycles. The molecule has 1 fully saturated rings. The van der Waals surface area contributed by atoms with Crippen molar-refractivity contribution in [3.05, 3.63) is 47.5 Å². The summed E-state index contributed by atoms with van der Waals surface area (Å²) in [5.41, 5.74) is 1.62. The number of allylic oxidation sites excluding steroid dienone is 1. The van der Waals surface area contributed by atoms with Gasteiger partial charge in [-0.25, -0.2) is 9.69 Å². The number of benzene rings is 1. The number of carbonyl (C=O) groups excluding carboxylic acids is 4. The Balaban J connectivity index is 1.65. The van der Waals surface area contributed by atoms with Crippen LogP contribution < -0.4 is 0 Å². The summed E-state index contributed by atoms with van der Waals surface area (Å²) in [5, 5.41) is 0. The van der Waals surface area contributed by atoms with E-state index in [0.29, 0.717) is 12.0 Å². The zero-order valence-electron chi connectivity index (χ0n) is 13.9. The van der Waals surface area contributed by atoms with Gasteiger partial charge >= 0.3 is 17.8 Å². The van der Waals surface area contributed by atoms with Gasteiger partial charge in [0.2, 0.25) is 0 Å². The van der Waals surface area contributed by atoms with E-state index >= 15 is 0 Å². The minimum absolute atomic E-state index is 0.186. The third kappa shape index (κ3) is 3.68. The van der Waals surface area contributed by atoms with Crippen molar-refractivity contribution in [2.24, 2.45) is 0 Å². The molecule has 0 unspecified atom stereocenters. The lowest BCUT2D eigenvalue weighted by molar-refractivity contribution is -0.143. The molecule has 1 saturated heterocycles. The first-order valence-electron chi connectivity index (χ1n) is 8.51. The van der Waals surface area contributed by atoms with Gasteiger partial charge in [0.15, 0.2) is 5.78 Å². The van der Waals surface area contributed by atoms with E-state index < -0.39 is 24.4 Å². The molecule has 0 atom stereocenters. The molecule has 0 radical (unpaired) electrons. The van der Waals surface area contributed by atoms with E-state index in [2.05, 4.69) is 6.08 Å². The third-order valence-corrected chi connectivity index (χ3v) is 4.57. The summed E-state index contributed by atoms with van der Waals surface area (Å²) >= 11 is 0. The predicted molar refractivity (Wildman–Crippen MR) is 90.8 cm³/mol. The van der Waals surface area contributed by atoms with Gasteiger partial charge < -0.3 is 0 Å². The first-order valence-corrected chi connectivity index (χ1v) is 8.51. The van der Waals surface area contributed by atoms with E-state index in [0.717, 1.165) is 29.1 Å². The molecule has 0 aromatic heterocycles. The summed E-state index contributed by atoms with van der Waals surface area (Å²) in [4.78, 5) is 50.5. The SMILES string of the molecule is O=C(CN1C(=O)C(=O)N(CCC2=CCCCC2)C1=O)c1ccccc1. The third-order valence-electron chi connectivity index (χ3n) is 4.57. The van der Waals surface area contributed by atoms with Crippen molar-refractivity contribution in [1.29, 1.82) is 0 Å². The molecule has 2 aliphatic rings. The number of hydrogen-bond donors (Lipinski definition) is 0. The molecule has 1 heterocycles. The molecule has 4 amide bonds. The van der Waals surface area contributed by atoms with Crippen LogP contribution in [0.4, 0.5) is 4.79 Å². The van der Waals surface area contributed by atoms with E-state index in [-0.39, 0.29) is 12.3 Å². The Morgan fingerprint density at radius 1 is 0.960 bits per heavy atom. The van der Waals surface area contributed by atoms with Crippen LogP contribution in [-0.4, -0.2) is 46.5 Å². The highest BCUT2D eigenvalue weighted by Gasteiger charge is 2.44. The zero-order valence-corrected chi connectivity index (χ0v) is 13.9. The highest BCUT2D eigenvalue weighted by molar-refractivity contribution is 6.45. The second kappa shape index (κ2) is 7.42. The number of urea groups is 1. The normalized spacial score (nSPS) is 17.9. The van der Waals surface area contributed by atoms with Crippen LogP contribution in [0.2, 0.25) is 0 Å². The first-order chi connectivity index (χ1) is 12.1. The summed E-state index contributed by atoms with van der Waals surface area (Å²) < 4.78 is 0. The number of rotatable bonds is 6. The second-order valence-corrected chi connectivity index (χ2v) is 6.28. The number of carbonyl (C=O) groups is 4. The quantitative estimate of drug-likeness (QED) is 0.345. The van der Waals surface area contributed by atoms with Crippen LogP contribution in [0.25, 0.3) is 0 Å². The lowest BCUT2D eigenvalue weighted by Gasteiger charge is -2.17. The topological polar surface area (TPSA) is 74.8 Å².